The van der Waals surface area contributed by atoms with Gasteiger partial charge in [0.15, 0.2) is 0 Å². The van der Waals surface area contributed by atoms with E-state index in [4.69, 9.17) is 0 Å². The molecule has 2 rings (SSSR count). The zero-order valence-corrected chi connectivity index (χ0v) is 13.9. The average molecular weight is 365 g/mol. The molecule has 0 fully saturated rings. The molecular weight excluding hydrogens is 347 g/mol. The van der Waals surface area contributed by atoms with Crippen LogP contribution in [0.3, 0.4) is 0 Å². The molecule has 138 valence electrons. The van der Waals surface area contributed by atoms with E-state index < -0.39 is 23.7 Å². The Labute approximate surface area is 148 Å². The van der Waals surface area contributed by atoms with Gasteiger partial charge in [-0.2, -0.15) is 13.2 Å². The second-order valence-electron chi connectivity index (χ2n) is 5.66. The van der Waals surface area contributed by atoms with Crippen molar-refractivity contribution in [3.63, 3.8) is 0 Å². The maximum atomic E-state index is 12.9. The zero-order chi connectivity index (χ0) is 19.2. The molecule has 2 amide bonds. The van der Waals surface area contributed by atoms with Crippen LogP contribution in [0.4, 0.5) is 18.9 Å². The minimum atomic E-state index is -4.54. The number of amides is 2. The van der Waals surface area contributed by atoms with Crippen molar-refractivity contribution in [2.45, 2.75) is 25.6 Å². The van der Waals surface area contributed by atoms with Crippen molar-refractivity contribution >= 4 is 17.5 Å². The number of carbonyl (C=O) groups is 2. The van der Waals surface area contributed by atoms with Gasteiger partial charge in [0.1, 0.15) is 0 Å². The van der Waals surface area contributed by atoms with E-state index in [-0.39, 0.29) is 18.0 Å². The fraction of sp³-hybridized carbons (Fsp3) is 0.222. The van der Waals surface area contributed by atoms with Gasteiger partial charge in [0, 0.05) is 18.0 Å². The van der Waals surface area contributed by atoms with E-state index in [9.17, 15) is 22.8 Å². The predicted octanol–water partition coefficient (Wildman–Crippen LogP) is 3.36. The van der Waals surface area contributed by atoms with Crippen LogP contribution in [0.25, 0.3) is 0 Å². The maximum Gasteiger partial charge on any atom is 0.418 e. The summed E-state index contributed by atoms with van der Waals surface area (Å²) in [6, 6.07) is 12.8. The number of para-hydroxylation sites is 1. The Morgan fingerprint density at radius 3 is 2.27 bits per heavy atom. The molecule has 0 bridgehead atoms. The highest BCUT2D eigenvalue weighted by Crippen LogP contribution is 2.34. The molecule has 0 heterocycles. The molecule has 2 aromatic rings. The van der Waals surface area contributed by atoms with Gasteiger partial charge in [0.2, 0.25) is 5.91 Å². The molecule has 0 saturated carbocycles. The largest absolute Gasteiger partial charge is 0.418 e. The van der Waals surface area contributed by atoms with E-state index in [1.54, 1.807) is 37.3 Å². The topological polar surface area (TPSA) is 70.2 Å². The van der Waals surface area contributed by atoms with E-state index in [1.807, 2.05) is 0 Å². The number of hydrogen-bond acceptors (Lipinski definition) is 3. The van der Waals surface area contributed by atoms with Gasteiger partial charge >= 0.3 is 6.18 Å². The third-order valence-electron chi connectivity index (χ3n) is 3.47. The molecule has 0 spiro atoms. The van der Waals surface area contributed by atoms with Gasteiger partial charge < -0.3 is 5.32 Å². The third-order valence-corrected chi connectivity index (χ3v) is 3.47. The minimum Gasteiger partial charge on any atom is -0.349 e. The molecule has 5 nitrogen and oxygen atoms in total. The first-order valence-electron chi connectivity index (χ1n) is 7.84. The number of hydrogen-bond donors (Lipinski definition) is 3. The lowest BCUT2D eigenvalue weighted by Gasteiger charge is -2.17. The second kappa shape index (κ2) is 8.37. The van der Waals surface area contributed by atoms with Gasteiger partial charge in [-0.05, 0) is 31.2 Å². The van der Waals surface area contributed by atoms with Crippen LogP contribution >= 0.6 is 0 Å². The molecule has 2 aromatic carbocycles. The minimum absolute atomic E-state index is 0.0975. The van der Waals surface area contributed by atoms with Crippen molar-refractivity contribution in [3.8, 4) is 0 Å². The van der Waals surface area contributed by atoms with Gasteiger partial charge in [0.25, 0.3) is 5.91 Å². The number of hydrazine groups is 1. The van der Waals surface area contributed by atoms with Crippen molar-refractivity contribution in [1.29, 1.82) is 0 Å². The van der Waals surface area contributed by atoms with Crippen molar-refractivity contribution in [3.05, 3.63) is 65.7 Å². The molecule has 0 aromatic heterocycles. The Morgan fingerprint density at radius 2 is 1.62 bits per heavy atom. The maximum absolute atomic E-state index is 12.9. The molecule has 3 N–H and O–H groups in total. The molecule has 0 radical (unpaired) electrons. The number of rotatable bonds is 6. The van der Waals surface area contributed by atoms with Gasteiger partial charge in [-0.3, -0.25) is 20.4 Å². The summed E-state index contributed by atoms with van der Waals surface area (Å²) in [5.74, 6) is -0.885. The van der Waals surface area contributed by atoms with Gasteiger partial charge in [0.05, 0.1) is 11.3 Å². The molecule has 26 heavy (non-hydrogen) atoms. The molecular formula is C18H18F3N3O2. The molecule has 1 unspecified atom stereocenters. The smallest absolute Gasteiger partial charge is 0.349 e. The lowest BCUT2D eigenvalue weighted by molar-refractivity contribution is -0.137. The lowest BCUT2D eigenvalue weighted by atomic mass is 10.1. The molecule has 0 aliphatic rings. The fourth-order valence-corrected chi connectivity index (χ4v) is 2.25. The van der Waals surface area contributed by atoms with Crippen LogP contribution in [0, 0.1) is 0 Å². The number of benzene rings is 2. The predicted molar refractivity (Wildman–Crippen MR) is 91.2 cm³/mol. The van der Waals surface area contributed by atoms with Crippen LogP contribution in [-0.2, 0) is 11.0 Å². The first-order valence-corrected chi connectivity index (χ1v) is 7.84. The van der Waals surface area contributed by atoms with Crippen LogP contribution in [0.1, 0.15) is 29.3 Å². The van der Waals surface area contributed by atoms with Crippen LogP contribution in [0.2, 0.25) is 0 Å². The van der Waals surface area contributed by atoms with Crippen molar-refractivity contribution in [2.75, 3.05) is 5.43 Å². The van der Waals surface area contributed by atoms with E-state index >= 15 is 0 Å². The molecule has 1 atom stereocenters. The number of nitrogens with one attached hydrogen (secondary N) is 3. The van der Waals surface area contributed by atoms with Crippen LogP contribution < -0.4 is 16.2 Å². The highest BCUT2D eigenvalue weighted by atomic mass is 19.4. The standard InChI is InChI=1S/C18H18F3N3O2/c1-12(22-17(26)13-7-3-2-4-8-13)11-16(25)24-23-15-10-6-5-9-14(15)18(19,20)21/h2-10,12,23H,11H2,1H3,(H,22,26)(H,24,25). The Bertz CT molecular complexity index is 764. The average Bonchev–Trinajstić information content (AvgIpc) is 2.60. The van der Waals surface area contributed by atoms with Crippen LogP contribution in [0.5, 0.6) is 0 Å². The van der Waals surface area contributed by atoms with E-state index in [0.717, 1.165) is 6.07 Å². The fourth-order valence-electron chi connectivity index (χ4n) is 2.25. The van der Waals surface area contributed by atoms with Gasteiger partial charge in [-0.1, -0.05) is 30.3 Å². The normalized spacial score (nSPS) is 12.2. The van der Waals surface area contributed by atoms with E-state index in [2.05, 4.69) is 16.2 Å². The van der Waals surface area contributed by atoms with Crippen LogP contribution in [-0.4, -0.2) is 17.9 Å². The summed E-state index contributed by atoms with van der Waals surface area (Å²) in [7, 11) is 0. The molecule has 0 saturated heterocycles. The van der Waals surface area contributed by atoms with Crippen molar-refractivity contribution in [2.24, 2.45) is 0 Å². The Balaban J connectivity index is 1.87. The molecule has 8 heteroatoms. The van der Waals surface area contributed by atoms with Crippen molar-refractivity contribution < 1.29 is 22.8 Å². The van der Waals surface area contributed by atoms with Gasteiger partial charge in [-0.25, -0.2) is 0 Å². The lowest BCUT2D eigenvalue weighted by Crippen LogP contribution is -2.39. The summed E-state index contributed by atoms with van der Waals surface area (Å²) < 4.78 is 38.7. The van der Waals surface area contributed by atoms with E-state index in [0.29, 0.717) is 5.56 Å². The molecule has 0 aliphatic heterocycles. The second-order valence-corrected chi connectivity index (χ2v) is 5.66. The Kier molecular flexibility index (Phi) is 6.21. The van der Waals surface area contributed by atoms with Crippen molar-refractivity contribution in [1.82, 2.24) is 10.7 Å². The summed E-state index contributed by atoms with van der Waals surface area (Å²) in [6.07, 6.45) is -4.63. The van der Waals surface area contributed by atoms with Crippen LogP contribution in [0.15, 0.2) is 54.6 Å². The number of carbonyl (C=O) groups excluding carboxylic acids is 2. The first kappa shape index (κ1) is 19.3. The summed E-state index contributed by atoms with van der Waals surface area (Å²) in [6.45, 7) is 1.63. The highest BCUT2D eigenvalue weighted by Gasteiger charge is 2.33. The third kappa shape index (κ3) is 5.51. The zero-order valence-electron chi connectivity index (χ0n) is 13.9. The Hall–Kier alpha value is -3.03. The monoisotopic (exact) mass is 365 g/mol. The number of halogens is 3. The number of alkyl halides is 3. The summed E-state index contributed by atoms with van der Waals surface area (Å²) >= 11 is 0. The summed E-state index contributed by atoms with van der Waals surface area (Å²) in [5.41, 5.74) is 3.81. The first-order chi connectivity index (χ1) is 12.3. The number of anilines is 1. The van der Waals surface area contributed by atoms with Gasteiger partial charge in [-0.15, -0.1) is 0 Å². The summed E-state index contributed by atoms with van der Waals surface area (Å²) in [5, 5.41) is 2.65. The Morgan fingerprint density at radius 1 is 1.00 bits per heavy atom. The van der Waals surface area contributed by atoms with E-state index in [1.165, 1.54) is 18.2 Å². The SMILES string of the molecule is CC(CC(=O)NNc1ccccc1C(F)(F)F)NC(=O)c1ccccc1. The molecule has 0 aliphatic carbocycles. The quantitative estimate of drug-likeness (QED) is 0.688. The summed E-state index contributed by atoms with van der Waals surface area (Å²) in [4.78, 5) is 23.9. The highest BCUT2D eigenvalue weighted by molar-refractivity contribution is 5.94.